The summed E-state index contributed by atoms with van der Waals surface area (Å²) in [6.45, 7) is 0.624. The fraction of sp³-hybridized carbons (Fsp3) is 0.875. The summed E-state index contributed by atoms with van der Waals surface area (Å²) in [6.07, 6.45) is -5.94. The summed E-state index contributed by atoms with van der Waals surface area (Å²) in [7, 11) is 0. The normalized spacial score (nSPS) is 22.1. The van der Waals surface area contributed by atoms with Crippen molar-refractivity contribution in [2.75, 3.05) is 6.61 Å². The number of aldehydes is 1. The molecule has 14 heavy (non-hydrogen) atoms. The molecular weight excluding hydrogens is 192 g/mol. The van der Waals surface area contributed by atoms with Crippen LogP contribution in [0, 0.1) is 5.92 Å². The van der Waals surface area contributed by atoms with Crippen molar-refractivity contribution in [2.45, 2.75) is 31.3 Å². The average Bonchev–Trinajstić information content (AvgIpc) is 2.23. The van der Waals surface area contributed by atoms with E-state index in [2.05, 4.69) is 0 Å². The van der Waals surface area contributed by atoms with E-state index in [0.29, 0.717) is 6.29 Å². The summed E-state index contributed by atoms with van der Waals surface area (Å²) in [6, 6.07) is 0. The molecule has 84 valence electrons. The third-order valence-corrected chi connectivity index (χ3v) is 2.03. The van der Waals surface area contributed by atoms with Gasteiger partial charge in [-0.2, -0.15) is 0 Å². The van der Waals surface area contributed by atoms with Crippen molar-refractivity contribution >= 4 is 6.29 Å². The zero-order valence-corrected chi connectivity index (χ0v) is 7.82. The minimum atomic E-state index is -1.68. The molecular formula is C8H16O6. The molecule has 6 nitrogen and oxygen atoms in total. The first-order chi connectivity index (χ1) is 6.45. The van der Waals surface area contributed by atoms with Crippen molar-refractivity contribution < 1.29 is 30.3 Å². The summed E-state index contributed by atoms with van der Waals surface area (Å²) >= 11 is 0. The Balaban J connectivity index is 4.29. The Hall–Kier alpha value is -0.530. The van der Waals surface area contributed by atoms with Gasteiger partial charge in [-0.3, -0.25) is 0 Å². The van der Waals surface area contributed by atoms with E-state index in [1.807, 2.05) is 0 Å². The molecule has 6 heteroatoms. The van der Waals surface area contributed by atoms with Crippen LogP contribution in [0.15, 0.2) is 0 Å². The number of hydrogen-bond donors (Lipinski definition) is 5. The highest BCUT2D eigenvalue weighted by molar-refractivity contribution is 5.53. The summed E-state index contributed by atoms with van der Waals surface area (Å²) in [5.41, 5.74) is 0. The summed E-state index contributed by atoms with van der Waals surface area (Å²) in [4.78, 5) is 10.2. The van der Waals surface area contributed by atoms with Gasteiger partial charge in [-0.25, -0.2) is 0 Å². The maximum atomic E-state index is 10.2. The van der Waals surface area contributed by atoms with Gasteiger partial charge in [0.1, 0.15) is 24.6 Å². The van der Waals surface area contributed by atoms with Gasteiger partial charge in [-0.15, -0.1) is 0 Å². The highest BCUT2D eigenvalue weighted by Gasteiger charge is 2.32. The Morgan fingerprint density at radius 3 is 1.93 bits per heavy atom. The molecule has 0 rings (SSSR count). The van der Waals surface area contributed by atoms with Crippen LogP contribution in [0.3, 0.4) is 0 Å². The van der Waals surface area contributed by atoms with E-state index < -0.39 is 36.9 Å². The molecule has 0 aromatic carbocycles. The Bertz CT molecular complexity index is 173. The van der Waals surface area contributed by atoms with Crippen LogP contribution in [0.25, 0.3) is 0 Å². The molecule has 0 spiro atoms. The molecule has 5 atom stereocenters. The van der Waals surface area contributed by atoms with Gasteiger partial charge in [0.05, 0.1) is 12.7 Å². The number of aliphatic hydroxyl groups is 5. The molecule has 5 N–H and O–H groups in total. The van der Waals surface area contributed by atoms with Gasteiger partial charge >= 0.3 is 0 Å². The number of aliphatic hydroxyl groups excluding tert-OH is 5. The lowest BCUT2D eigenvalue weighted by atomic mass is 9.95. The number of hydrogen-bond acceptors (Lipinski definition) is 6. The fourth-order valence-electron chi connectivity index (χ4n) is 0.929. The van der Waals surface area contributed by atoms with Crippen LogP contribution in [0.4, 0.5) is 0 Å². The van der Waals surface area contributed by atoms with Crippen LogP contribution in [-0.2, 0) is 4.79 Å². The van der Waals surface area contributed by atoms with E-state index in [0.717, 1.165) is 0 Å². The number of carbonyl (C=O) groups excluding carboxylic acids is 1. The molecule has 0 aliphatic carbocycles. The molecule has 0 aromatic rings. The smallest absolute Gasteiger partial charge is 0.125 e. The molecule has 0 aliphatic rings. The number of carbonyl (C=O) groups is 1. The topological polar surface area (TPSA) is 118 Å². The second kappa shape index (κ2) is 6.05. The fourth-order valence-corrected chi connectivity index (χ4v) is 0.929. The SMILES string of the molecule is C[C@H](C=O)[C@H](O)[C@@H](O)[C@@H](O)[C@H](O)CO. The van der Waals surface area contributed by atoms with E-state index in [1.54, 1.807) is 0 Å². The van der Waals surface area contributed by atoms with Gasteiger partial charge < -0.3 is 30.3 Å². The van der Waals surface area contributed by atoms with Crippen LogP contribution in [0.5, 0.6) is 0 Å². The van der Waals surface area contributed by atoms with E-state index in [1.165, 1.54) is 6.92 Å². The Morgan fingerprint density at radius 2 is 1.57 bits per heavy atom. The first kappa shape index (κ1) is 13.5. The number of rotatable bonds is 6. The van der Waals surface area contributed by atoms with Gasteiger partial charge in [-0.05, 0) is 0 Å². The lowest BCUT2D eigenvalue weighted by Crippen LogP contribution is -2.48. The molecule has 0 aliphatic heterocycles. The van der Waals surface area contributed by atoms with Gasteiger partial charge in [-0.1, -0.05) is 6.92 Å². The molecule has 0 aromatic heterocycles. The minimum Gasteiger partial charge on any atom is -0.394 e. The predicted molar refractivity (Wildman–Crippen MR) is 46.3 cm³/mol. The maximum absolute atomic E-state index is 10.2. The Labute approximate surface area is 81.4 Å². The molecule has 0 fully saturated rings. The molecule has 0 radical (unpaired) electrons. The van der Waals surface area contributed by atoms with Crippen molar-refractivity contribution in [1.29, 1.82) is 0 Å². The third kappa shape index (κ3) is 3.32. The van der Waals surface area contributed by atoms with E-state index in [4.69, 9.17) is 15.3 Å². The maximum Gasteiger partial charge on any atom is 0.125 e. The largest absolute Gasteiger partial charge is 0.394 e. The van der Waals surface area contributed by atoms with E-state index in [9.17, 15) is 15.0 Å². The zero-order valence-electron chi connectivity index (χ0n) is 7.82. The van der Waals surface area contributed by atoms with Crippen LogP contribution < -0.4 is 0 Å². The van der Waals surface area contributed by atoms with Gasteiger partial charge in [0.2, 0.25) is 0 Å². The van der Waals surface area contributed by atoms with Gasteiger partial charge in [0.25, 0.3) is 0 Å². The van der Waals surface area contributed by atoms with Crippen molar-refractivity contribution in [3.05, 3.63) is 0 Å². The molecule has 0 amide bonds. The van der Waals surface area contributed by atoms with Crippen molar-refractivity contribution in [2.24, 2.45) is 5.92 Å². The monoisotopic (exact) mass is 208 g/mol. The molecule has 0 saturated carbocycles. The van der Waals surface area contributed by atoms with Crippen molar-refractivity contribution in [3.63, 3.8) is 0 Å². The second-order valence-corrected chi connectivity index (χ2v) is 3.22. The molecule has 0 unspecified atom stereocenters. The second-order valence-electron chi connectivity index (χ2n) is 3.22. The average molecular weight is 208 g/mol. The summed E-state index contributed by atoms with van der Waals surface area (Å²) < 4.78 is 0. The minimum absolute atomic E-state index is 0.423. The van der Waals surface area contributed by atoms with Crippen LogP contribution >= 0.6 is 0 Å². The van der Waals surface area contributed by atoms with Gasteiger partial charge in [0, 0.05) is 5.92 Å². The standard InChI is InChI=1S/C8H16O6/c1-4(2-9)6(12)8(14)7(13)5(11)3-10/h2,4-8,10-14H,3H2,1H3/t4-,5-,6+,7+,8-/m1/s1. The Morgan fingerprint density at radius 1 is 1.07 bits per heavy atom. The molecule has 0 heterocycles. The quantitative estimate of drug-likeness (QED) is 0.302. The lowest BCUT2D eigenvalue weighted by Gasteiger charge is -2.27. The van der Waals surface area contributed by atoms with Crippen molar-refractivity contribution in [1.82, 2.24) is 0 Å². The first-order valence-electron chi connectivity index (χ1n) is 4.24. The van der Waals surface area contributed by atoms with E-state index >= 15 is 0 Å². The molecule has 0 bridgehead atoms. The zero-order chi connectivity index (χ0) is 11.3. The predicted octanol–water partition coefficient (Wildman–Crippen LogP) is -2.74. The Kier molecular flexibility index (Phi) is 5.82. The van der Waals surface area contributed by atoms with Crippen LogP contribution in [0.1, 0.15) is 6.92 Å². The highest BCUT2D eigenvalue weighted by Crippen LogP contribution is 2.10. The summed E-state index contributed by atoms with van der Waals surface area (Å²) in [5.74, 6) is -0.856. The highest BCUT2D eigenvalue weighted by atomic mass is 16.4. The van der Waals surface area contributed by atoms with Crippen LogP contribution in [-0.4, -0.2) is 62.8 Å². The van der Waals surface area contributed by atoms with E-state index in [-0.39, 0.29) is 0 Å². The first-order valence-corrected chi connectivity index (χ1v) is 4.24. The van der Waals surface area contributed by atoms with Crippen LogP contribution in [0.2, 0.25) is 0 Å². The summed E-state index contributed by atoms with van der Waals surface area (Å²) in [5, 5.41) is 45.1. The lowest BCUT2D eigenvalue weighted by molar-refractivity contribution is -0.135. The van der Waals surface area contributed by atoms with Gasteiger partial charge in [0.15, 0.2) is 0 Å². The van der Waals surface area contributed by atoms with Crippen molar-refractivity contribution in [3.8, 4) is 0 Å². The molecule has 0 saturated heterocycles. The third-order valence-electron chi connectivity index (χ3n) is 2.03.